The first-order valence-electron chi connectivity index (χ1n) is 10.3. The van der Waals surface area contributed by atoms with Crippen LogP contribution in [0.5, 0.6) is 0 Å². The summed E-state index contributed by atoms with van der Waals surface area (Å²) in [6, 6.07) is 5.55. The zero-order valence-corrected chi connectivity index (χ0v) is 19.6. The van der Waals surface area contributed by atoms with Crippen molar-refractivity contribution in [2.24, 2.45) is 10.9 Å². The van der Waals surface area contributed by atoms with Crippen molar-refractivity contribution in [3.8, 4) is 11.3 Å². The third kappa shape index (κ3) is 5.30. The van der Waals surface area contributed by atoms with Crippen molar-refractivity contribution in [3.63, 3.8) is 0 Å². The van der Waals surface area contributed by atoms with Crippen molar-refractivity contribution in [2.75, 3.05) is 0 Å². The summed E-state index contributed by atoms with van der Waals surface area (Å²) in [4.78, 5) is 10.7. The van der Waals surface area contributed by atoms with Gasteiger partial charge < -0.3 is 0 Å². The molecule has 0 spiro atoms. The summed E-state index contributed by atoms with van der Waals surface area (Å²) in [6.07, 6.45) is 5.30. The Morgan fingerprint density at radius 2 is 2.00 bits per heavy atom. The number of halogens is 1. The first kappa shape index (κ1) is 23.2. The Morgan fingerprint density at radius 3 is 2.55 bits per heavy atom. The van der Waals surface area contributed by atoms with E-state index < -0.39 is 0 Å². The highest BCUT2D eigenvalue weighted by atomic mass is 32.1. The number of allylic oxidation sites excluding steroid dienone is 2. The molecule has 2 nitrogen and oxygen atoms in total. The minimum atomic E-state index is -0.192. The van der Waals surface area contributed by atoms with Gasteiger partial charge in [-0.2, -0.15) is 0 Å². The monoisotopic (exact) mass is 412 g/mol. The molecule has 1 aromatic heterocycles. The van der Waals surface area contributed by atoms with Crippen molar-refractivity contribution in [3.05, 3.63) is 58.2 Å². The van der Waals surface area contributed by atoms with Gasteiger partial charge in [-0.15, -0.1) is 11.3 Å². The van der Waals surface area contributed by atoms with Gasteiger partial charge in [-0.05, 0) is 43.4 Å². The lowest BCUT2D eigenvalue weighted by Gasteiger charge is -2.13. The molecule has 1 aromatic carbocycles. The van der Waals surface area contributed by atoms with E-state index >= 15 is 4.39 Å². The quantitative estimate of drug-likeness (QED) is 0.336. The number of benzene rings is 1. The Hall–Kier alpha value is -2.07. The molecule has 0 saturated heterocycles. The summed E-state index contributed by atoms with van der Waals surface area (Å²) < 4.78 is 15.2. The van der Waals surface area contributed by atoms with Gasteiger partial charge in [0.1, 0.15) is 5.82 Å². The first-order chi connectivity index (χ1) is 13.6. The van der Waals surface area contributed by atoms with Gasteiger partial charge >= 0.3 is 0 Å². The molecule has 1 unspecified atom stereocenters. The maximum Gasteiger partial charge on any atom is 0.135 e. The molecule has 1 atom stereocenters. The molecule has 0 aliphatic heterocycles. The number of hydrogen-bond donors (Lipinski definition) is 0. The maximum atomic E-state index is 15.2. The molecule has 2 rings (SSSR count). The average molecular weight is 413 g/mol. The van der Waals surface area contributed by atoms with Crippen LogP contribution in [0.15, 0.2) is 41.9 Å². The van der Waals surface area contributed by atoms with E-state index in [-0.39, 0.29) is 11.2 Å². The summed E-state index contributed by atoms with van der Waals surface area (Å²) in [5, 5.41) is 0.968. The Balaban J connectivity index is 2.78. The summed E-state index contributed by atoms with van der Waals surface area (Å²) >= 11 is 1.59. The smallest absolute Gasteiger partial charge is 0.135 e. The van der Waals surface area contributed by atoms with Crippen LogP contribution in [-0.2, 0) is 11.8 Å². The standard InChI is InChI=1S/C25H33FN2S/c1-9-13-20(27-17(5)16(4)10-2)23-22(28-24(29-23)25(6,7)8)19-15-12-14-18(11-3)21(19)26/h9,12-16H,1,10-11H2,2-8H3/b20-13-,27-17-. The number of nitrogens with zero attached hydrogens (tertiary/aromatic N) is 2. The van der Waals surface area contributed by atoms with Gasteiger partial charge in [0.2, 0.25) is 0 Å². The van der Waals surface area contributed by atoms with Gasteiger partial charge in [0.15, 0.2) is 0 Å². The van der Waals surface area contributed by atoms with Gasteiger partial charge in [-0.25, -0.2) is 9.37 Å². The van der Waals surface area contributed by atoms with Crippen LogP contribution in [0.25, 0.3) is 17.0 Å². The molecule has 0 aliphatic rings. The zero-order valence-electron chi connectivity index (χ0n) is 18.8. The van der Waals surface area contributed by atoms with Gasteiger partial charge in [0, 0.05) is 16.7 Å². The van der Waals surface area contributed by atoms with Crippen molar-refractivity contribution in [2.45, 2.75) is 66.7 Å². The fourth-order valence-corrected chi connectivity index (χ4v) is 4.01. The van der Waals surface area contributed by atoms with E-state index in [1.54, 1.807) is 17.4 Å². The SMILES string of the molecule is C=C/C=C(\N=C(\C)C(C)CC)c1sc(C(C)(C)C)nc1-c1cccc(CC)c1F. The van der Waals surface area contributed by atoms with Gasteiger partial charge in [-0.1, -0.05) is 66.3 Å². The normalized spacial score (nSPS) is 14.2. The highest BCUT2D eigenvalue weighted by Gasteiger charge is 2.26. The summed E-state index contributed by atoms with van der Waals surface area (Å²) in [6.45, 7) is 18.6. The lowest BCUT2D eigenvalue weighted by atomic mass is 9.98. The third-order valence-electron chi connectivity index (χ3n) is 5.11. The summed E-state index contributed by atoms with van der Waals surface area (Å²) in [5.74, 6) is 0.185. The van der Waals surface area contributed by atoms with Crippen LogP contribution in [-0.4, -0.2) is 10.7 Å². The second-order valence-corrected chi connectivity index (χ2v) is 9.43. The largest absolute Gasteiger partial charge is 0.256 e. The molecule has 2 aromatic rings. The number of hydrogen-bond acceptors (Lipinski definition) is 3. The van der Waals surface area contributed by atoms with E-state index in [4.69, 9.17) is 9.98 Å². The van der Waals surface area contributed by atoms with Crippen LogP contribution in [0.1, 0.15) is 70.3 Å². The molecule has 0 amide bonds. The van der Waals surface area contributed by atoms with Crippen LogP contribution in [0.2, 0.25) is 0 Å². The van der Waals surface area contributed by atoms with E-state index in [1.165, 1.54) is 0 Å². The molecule has 4 heteroatoms. The second-order valence-electron chi connectivity index (χ2n) is 8.43. The molecular formula is C25H33FN2S. The highest BCUT2D eigenvalue weighted by molar-refractivity contribution is 7.13. The van der Waals surface area contributed by atoms with Crippen LogP contribution >= 0.6 is 11.3 Å². The molecule has 0 aliphatic carbocycles. The Morgan fingerprint density at radius 1 is 1.31 bits per heavy atom. The van der Waals surface area contributed by atoms with Gasteiger partial charge in [0.25, 0.3) is 0 Å². The van der Waals surface area contributed by atoms with Gasteiger partial charge in [0.05, 0.1) is 21.3 Å². The van der Waals surface area contributed by atoms with Crippen molar-refractivity contribution in [1.29, 1.82) is 0 Å². The van der Waals surface area contributed by atoms with E-state index in [0.717, 1.165) is 27.7 Å². The molecule has 0 N–H and O–H groups in total. The van der Waals surface area contributed by atoms with Crippen LogP contribution in [0.3, 0.4) is 0 Å². The molecule has 0 bridgehead atoms. The minimum Gasteiger partial charge on any atom is -0.256 e. The van der Waals surface area contributed by atoms with Crippen LogP contribution in [0.4, 0.5) is 4.39 Å². The van der Waals surface area contributed by atoms with Crippen LogP contribution < -0.4 is 0 Å². The van der Waals surface area contributed by atoms with Crippen molar-refractivity contribution in [1.82, 2.24) is 4.98 Å². The Bertz CT molecular complexity index is 929. The van der Waals surface area contributed by atoms with Crippen molar-refractivity contribution < 1.29 is 4.39 Å². The first-order valence-corrected chi connectivity index (χ1v) is 11.1. The summed E-state index contributed by atoms with van der Waals surface area (Å²) in [7, 11) is 0. The van der Waals surface area contributed by atoms with Crippen molar-refractivity contribution >= 4 is 22.7 Å². The molecule has 156 valence electrons. The highest BCUT2D eigenvalue weighted by Crippen LogP contribution is 2.40. The predicted molar refractivity (Wildman–Crippen MR) is 126 cm³/mol. The maximum absolute atomic E-state index is 15.2. The third-order valence-corrected chi connectivity index (χ3v) is 6.62. The Kier molecular flexibility index (Phi) is 7.70. The second kappa shape index (κ2) is 9.62. The zero-order chi connectivity index (χ0) is 21.8. The lowest BCUT2D eigenvalue weighted by molar-refractivity contribution is 0.585. The number of aromatic nitrogens is 1. The van der Waals surface area contributed by atoms with Gasteiger partial charge in [-0.3, -0.25) is 4.99 Å². The number of aryl methyl sites for hydroxylation is 1. The number of thiazole rings is 1. The molecule has 0 radical (unpaired) electrons. The molecule has 1 heterocycles. The average Bonchev–Trinajstić information content (AvgIpc) is 3.12. The number of aliphatic imine (C=N–C) groups is 1. The lowest BCUT2D eigenvalue weighted by Crippen LogP contribution is -2.10. The van der Waals surface area contributed by atoms with E-state index in [1.807, 2.05) is 31.2 Å². The van der Waals surface area contributed by atoms with E-state index in [0.29, 0.717) is 29.2 Å². The predicted octanol–water partition coefficient (Wildman–Crippen LogP) is 7.84. The van der Waals surface area contributed by atoms with E-state index in [2.05, 4.69) is 48.1 Å². The molecular weight excluding hydrogens is 379 g/mol. The molecule has 29 heavy (non-hydrogen) atoms. The molecule has 0 saturated carbocycles. The van der Waals surface area contributed by atoms with E-state index in [9.17, 15) is 0 Å². The molecule has 0 fully saturated rings. The number of rotatable bonds is 7. The summed E-state index contributed by atoms with van der Waals surface area (Å²) in [5.41, 5.74) is 3.62. The van der Waals surface area contributed by atoms with Crippen LogP contribution in [0, 0.1) is 11.7 Å². The fourth-order valence-electron chi connectivity index (χ4n) is 2.90. The Labute approximate surface area is 179 Å². The minimum absolute atomic E-state index is 0.134. The topological polar surface area (TPSA) is 25.2 Å². The fraction of sp³-hybridized carbons (Fsp3) is 0.440.